The second-order valence-corrected chi connectivity index (χ2v) is 52.8. The van der Waals surface area contributed by atoms with Crippen molar-refractivity contribution >= 4 is 79.4 Å². The highest BCUT2D eigenvalue weighted by molar-refractivity contribution is 6.90. The maximum atomic E-state index is 12.2. The van der Waals surface area contributed by atoms with Crippen molar-refractivity contribution in [3.05, 3.63) is 48.3 Å². The van der Waals surface area contributed by atoms with Crippen LogP contribution in [0.2, 0.25) is 130 Å². The number of nitrogens with zero attached hydrogens (tertiary/aromatic N) is 1. The number of aliphatic imine (C=N–C) groups is 1. The molecule has 2 aromatic heterocycles. The van der Waals surface area contributed by atoms with Crippen LogP contribution < -0.4 is 5.73 Å². The first-order chi connectivity index (χ1) is 26.2. The molecule has 0 aliphatic rings. The lowest BCUT2D eigenvalue weighted by Gasteiger charge is -2.41. The fourth-order valence-corrected chi connectivity index (χ4v) is 42.7. The van der Waals surface area contributed by atoms with E-state index in [0.29, 0.717) is 37.4 Å². The zero-order chi connectivity index (χ0) is 45.1. The summed E-state index contributed by atoms with van der Waals surface area (Å²) in [6.07, 6.45) is 9.27. The van der Waals surface area contributed by atoms with Gasteiger partial charge in [0, 0.05) is 19.3 Å². The summed E-state index contributed by atoms with van der Waals surface area (Å²) in [6, 6.07) is 9.15. The number of nitrogens with two attached hydrogens (primary N) is 1. The second-order valence-electron chi connectivity index (χ2n) is 19.8. The molecule has 336 valence electrons. The van der Waals surface area contributed by atoms with Crippen LogP contribution in [0.3, 0.4) is 0 Å². The van der Waals surface area contributed by atoms with Gasteiger partial charge >= 0.3 is 34.2 Å². The number of furan rings is 2. The van der Waals surface area contributed by atoms with E-state index in [1.807, 2.05) is 12.1 Å². The van der Waals surface area contributed by atoms with Gasteiger partial charge in [0.2, 0.25) is 6.08 Å². The molecule has 0 aliphatic carbocycles. The van der Waals surface area contributed by atoms with E-state index >= 15 is 0 Å². The minimum Gasteiger partial charge on any atom is -0.469 e. The van der Waals surface area contributed by atoms with Gasteiger partial charge in [0.25, 0.3) is 0 Å². The number of hydrogen-bond acceptors (Lipinski definition) is 12. The Morgan fingerprint density at radius 3 is 1.36 bits per heavy atom. The molecule has 2 aromatic rings. The van der Waals surface area contributed by atoms with E-state index in [4.69, 9.17) is 39.3 Å². The van der Waals surface area contributed by atoms with Gasteiger partial charge in [-0.3, -0.25) is 4.79 Å². The Labute approximate surface area is 361 Å². The molecule has 20 heteroatoms. The average Bonchev–Trinajstić information content (AvgIpc) is 3.70. The van der Waals surface area contributed by atoms with Crippen LogP contribution in [0.15, 0.2) is 50.6 Å². The lowest BCUT2D eigenvalue weighted by molar-refractivity contribution is -0.119. The summed E-state index contributed by atoms with van der Waals surface area (Å²) in [6.45, 7) is 40.5. The van der Waals surface area contributed by atoms with Crippen molar-refractivity contribution < 1.29 is 43.1 Å². The van der Waals surface area contributed by atoms with Crippen molar-refractivity contribution in [1.29, 1.82) is 0 Å². The summed E-state index contributed by atoms with van der Waals surface area (Å²) in [5.41, 5.74) is 5.67. The highest BCUT2D eigenvalue weighted by Crippen LogP contribution is 2.29. The quantitative estimate of drug-likeness (QED) is 0.0438. The normalized spacial score (nSPS) is 14.9. The van der Waals surface area contributed by atoms with E-state index in [9.17, 15) is 9.59 Å². The minimum atomic E-state index is -2.36. The maximum absolute atomic E-state index is 12.2. The van der Waals surface area contributed by atoms with Crippen LogP contribution in [0, 0.1) is 0 Å². The Hall–Kier alpha value is -0.935. The van der Waals surface area contributed by atoms with Crippen molar-refractivity contribution in [1.82, 2.24) is 0 Å². The summed E-state index contributed by atoms with van der Waals surface area (Å²) >= 11 is 0. The van der Waals surface area contributed by atoms with E-state index in [2.05, 4.69) is 123 Å². The molecule has 0 spiro atoms. The van der Waals surface area contributed by atoms with Gasteiger partial charge in [-0.25, -0.2) is 4.79 Å². The molecule has 58 heavy (non-hydrogen) atoms. The summed E-state index contributed by atoms with van der Waals surface area (Å²) in [4.78, 5) is 25.1. The van der Waals surface area contributed by atoms with Crippen LogP contribution in [-0.2, 0) is 47.2 Å². The van der Waals surface area contributed by atoms with Crippen LogP contribution in [-0.4, -0.2) is 85.9 Å². The van der Waals surface area contributed by atoms with Crippen molar-refractivity contribution in [3.8, 4) is 0 Å². The van der Waals surface area contributed by atoms with Crippen LogP contribution in [0.4, 0.5) is 0 Å². The highest BCUT2D eigenvalue weighted by atomic mass is 28.5. The van der Waals surface area contributed by atoms with Crippen LogP contribution >= 0.6 is 0 Å². The largest absolute Gasteiger partial charge is 0.469 e. The predicted molar refractivity (Wildman–Crippen MR) is 258 cm³/mol. The number of Topliss-reactive ketones (excluding diaryl/α,β-unsaturated/α-hetero) is 1. The van der Waals surface area contributed by atoms with E-state index in [-0.39, 0.29) is 6.54 Å². The predicted octanol–water partition coefficient (Wildman–Crippen LogP) is 11.4. The lowest BCUT2D eigenvalue weighted by atomic mass is 10.1. The summed E-state index contributed by atoms with van der Waals surface area (Å²) < 4.78 is 49.2. The van der Waals surface area contributed by atoms with E-state index < -0.39 is 67.5 Å². The standard InChI is InChI=1S/C20H42O5Si4.C12H35NO3Si4.C6H5NO2/c1-26(2,3)23-28(7,8)25-29(9,24-27(4,5)6)18-11-10-13-19(21)15-16-20-14-12-17-22-20;1-17(2,3)14-19(7,8)16-20(9,12-10-11-13)15-18(4,5)6;8-5-7-4-6-2-1-3-9-6/h12,14,17H,10-11,13,15-16,18H2,1-9H3;10-13H2,1-9H3;1-3H,4H2/t29-;20-;/m11./s1. The molecule has 0 radical (unpaired) electrons. The molecular weight excluding hydrogens is 869 g/mol. The Kier molecular flexibility index (Phi) is 24.8. The molecule has 0 amide bonds. The fourth-order valence-electron chi connectivity index (χ4n) is 6.64. The minimum absolute atomic E-state index is 0.288. The van der Waals surface area contributed by atoms with E-state index in [1.165, 1.54) is 12.3 Å². The third-order valence-electron chi connectivity index (χ3n) is 7.35. The number of isocyanates is 1. The fraction of sp³-hybridized carbons (Fsp3) is 0.737. The molecule has 2 rings (SSSR count). The van der Waals surface area contributed by atoms with Crippen molar-refractivity contribution in [2.45, 2.75) is 175 Å². The molecule has 0 bridgehead atoms. The molecule has 0 saturated heterocycles. The smallest absolute Gasteiger partial charge is 0.315 e. The van der Waals surface area contributed by atoms with Gasteiger partial charge in [-0.1, -0.05) is 6.42 Å². The summed E-state index contributed by atoms with van der Waals surface area (Å²) in [5.74, 6) is 1.86. The number of rotatable bonds is 25. The monoisotopic (exact) mass is 950 g/mol. The first-order valence-corrected chi connectivity index (χ1v) is 45.0. The van der Waals surface area contributed by atoms with Gasteiger partial charge in [-0.05, 0) is 174 Å². The van der Waals surface area contributed by atoms with Crippen LogP contribution in [0.25, 0.3) is 0 Å². The van der Waals surface area contributed by atoms with Crippen molar-refractivity contribution in [3.63, 3.8) is 0 Å². The molecule has 0 saturated carbocycles. The summed E-state index contributed by atoms with van der Waals surface area (Å²) in [7, 11) is -15.6. The first kappa shape index (κ1) is 57.1. The van der Waals surface area contributed by atoms with Gasteiger partial charge in [-0.2, -0.15) is 4.99 Å². The van der Waals surface area contributed by atoms with E-state index in [0.717, 1.165) is 37.1 Å². The zero-order valence-corrected chi connectivity index (χ0v) is 47.6. The van der Waals surface area contributed by atoms with Gasteiger partial charge in [0.05, 0.1) is 12.5 Å². The molecule has 0 aliphatic heterocycles. The second kappa shape index (κ2) is 25.2. The Bertz CT molecular complexity index is 1470. The first-order valence-electron chi connectivity index (χ1n) is 20.7. The van der Waals surface area contributed by atoms with Gasteiger partial charge < -0.3 is 39.3 Å². The third-order valence-corrected chi connectivity index (χ3v) is 34.4. The maximum Gasteiger partial charge on any atom is 0.315 e. The molecule has 2 heterocycles. The Morgan fingerprint density at radius 2 is 1.00 bits per heavy atom. The molecule has 0 unspecified atom stereocenters. The van der Waals surface area contributed by atoms with Crippen molar-refractivity contribution in [2.24, 2.45) is 10.7 Å². The molecular formula is C38H82N2O10Si8. The Morgan fingerprint density at radius 1 is 0.586 bits per heavy atom. The van der Waals surface area contributed by atoms with Crippen LogP contribution in [0.5, 0.6) is 0 Å². The lowest BCUT2D eigenvalue weighted by Crippen LogP contribution is -2.56. The number of carbonyl (C=O) groups is 1. The molecule has 2 atom stereocenters. The number of carbonyl (C=O) groups excluding carboxylic acids is 2. The van der Waals surface area contributed by atoms with Crippen molar-refractivity contribution in [2.75, 3.05) is 6.54 Å². The molecule has 12 nitrogen and oxygen atoms in total. The third kappa shape index (κ3) is 31.9. The van der Waals surface area contributed by atoms with Gasteiger partial charge in [0.1, 0.15) is 23.8 Å². The van der Waals surface area contributed by atoms with Gasteiger partial charge in [0.15, 0.2) is 33.3 Å². The summed E-state index contributed by atoms with van der Waals surface area (Å²) in [5, 5.41) is 0. The molecule has 2 N–H and O–H groups in total. The molecule has 0 aromatic carbocycles. The zero-order valence-electron chi connectivity index (χ0n) is 39.6. The Balaban J connectivity index is 0.000000960. The number of hydrogen-bond donors (Lipinski definition) is 1. The average molecular weight is 952 g/mol. The highest BCUT2D eigenvalue weighted by Gasteiger charge is 2.45. The van der Waals surface area contributed by atoms with Gasteiger partial charge in [-0.15, -0.1) is 0 Å². The van der Waals surface area contributed by atoms with Crippen LogP contribution in [0.1, 0.15) is 43.6 Å². The number of aryl methyl sites for hydroxylation is 1. The number of ketones is 1. The number of unbranched alkanes of at least 4 members (excludes halogenated alkanes) is 1. The molecule has 0 fully saturated rings. The SMILES string of the molecule is C[Si](C)(C)O[Si](C)(C)O[Si@](C)(CCCCC(=O)CCc1ccco1)O[Si](C)(C)C.C[Si](C)(C)O[Si](C)(C)O[Si@](C)(CCCN)O[Si](C)(C)C.O=C=NCc1ccco1. The topological polar surface area (TPSA) is 154 Å². The van der Waals surface area contributed by atoms with E-state index in [1.54, 1.807) is 18.4 Å².